The fraction of sp³-hybridized carbons (Fsp3) is 0.579. The van der Waals surface area contributed by atoms with Gasteiger partial charge in [-0.25, -0.2) is 13.8 Å². The van der Waals surface area contributed by atoms with Crippen LogP contribution in [0.5, 0.6) is 0 Å². The van der Waals surface area contributed by atoms with Gasteiger partial charge in [0.15, 0.2) is 5.82 Å². The smallest absolute Gasteiger partial charge is 0.264 e. The summed E-state index contributed by atoms with van der Waals surface area (Å²) in [5.41, 5.74) is 5.52. The molecule has 0 amide bonds. The van der Waals surface area contributed by atoms with Gasteiger partial charge in [-0.1, -0.05) is 0 Å². The molecule has 0 bridgehead atoms. The van der Waals surface area contributed by atoms with Crippen molar-refractivity contribution in [2.45, 2.75) is 32.4 Å². The Bertz CT molecular complexity index is 861. The summed E-state index contributed by atoms with van der Waals surface area (Å²) in [6.45, 7) is 7.38. The number of anilines is 3. The first-order valence-electron chi connectivity index (χ1n) is 9.93. The molecular weight excluding hydrogens is 396 g/mol. The third-order valence-electron chi connectivity index (χ3n) is 5.29. The summed E-state index contributed by atoms with van der Waals surface area (Å²) in [4.78, 5) is 21.8. The van der Waals surface area contributed by atoms with E-state index in [9.17, 15) is 8.78 Å². The zero-order valence-corrected chi connectivity index (χ0v) is 17.0. The second-order valence-electron chi connectivity index (χ2n) is 7.49. The Morgan fingerprint density at radius 3 is 2.07 bits per heavy atom. The number of nitrogens with zero attached hydrogens (tertiary/aromatic N) is 6. The van der Waals surface area contributed by atoms with Crippen LogP contribution < -0.4 is 15.5 Å². The average molecular weight is 421 g/mol. The number of nitrogen functional groups attached to an aromatic ring is 1. The van der Waals surface area contributed by atoms with Gasteiger partial charge < -0.3 is 25.0 Å². The van der Waals surface area contributed by atoms with Crippen LogP contribution >= 0.6 is 0 Å². The maximum absolute atomic E-state index is 13.7. The lowest BCUT2D eigenvalue weighted by Crippen LogP contribution is -2.46. The molecule has 0 unspecified atom stereocenters. The van der Waals surface area contributed by atoms with Gasteiger partial charge in [0.1, 0.15) is 5.82 Å². The molecule has 0 radical (unpaired) electrons. The highest BCUT2D eigenvalue weighted by molar-refractivity contribution is 5.64. The Labute approximate surface area is 173 Å². The summed E-state index contributed by atoms with van der Waals surface area (Å²) in [6, 6.07) is 1.25. The number of halogens is 2. The van der Waals surface area contributed by atoms with E-state index in [4.69, 9.17) is 15.2 Å². The first kappa shape index (κ1) is 20.6. The normalized spacial score (nSPS) is 22.6. The van der Waals surface area contributed by atoms with Gasteiger partial charge in [0.25, 0.3) is 6.43 Å². The van der Waals surface area contributed by atoms with E-state index in [1.807, 2.05) is 23.6 Å². The van der Waals surface area contributed by atoms with Crippen molar-refractivity contribution in [3.63, 3.8) is 0 Å². The number of hydrogen-bond donors (Lipinski definition) is 1. The molecule has 0 aromatic carbocycles. The minimum Gasteiger partial charge on any atom is -0.384 e. The van der Waals surface area contributed by atoms with Crippen molar-refractivity contribution in [2.75, 3.05) is 55.1 Å². The minimum atomic E-state index is -2.74. The van der Waals surface area contributed by atoms with Gasteiger partial charge in [0.05, 0.1) is 38.5 Å². The van der Waals surface area contributed by atoms with E-state index < -0.39 is 6.43 Å². The van der Waals surface area contributed by atoms with Crippen molar-refractivity contribution >= 4 is 17.7 Å². The van der Waals surface area contributed by atoms with Crippen LogP contribution in [-0.2, 0) is 9.47 Å². The molecule has 2 aromatic heterocycles. The summed E-state index contributed by atoms with van der Waals surface area (Å²) >= 11 is 0. The molecule has 4 rings (SSSR count). The molecule has 2 saturated heterocycles. The lowest BCUT2D eigenvalue weighted by molar-refractivity contribution is 0.0969. The number of pyridine rings is 1. The van der Waals surface area contributed by atoms with Gasteiger partial charge in [-0.05, 0) is 19.9 Å². The monoisotopic (exact) mass is 421 g/mol. The molecule has 30 heavy (non-hydrogen) atoms. The molecule has 2 aromatic rings. The van der Waals surface area contributed by atoms with Gasteiger partial charge in [0, 0.05) is 30.4 Å². The average Bonchev–Trinajstić information content (AvgIpc) is 2.74. The number of aromatic nitrogens is 4. The van der Waals surface area contributed by atoms with Gasteiger partial charge in [-0.3, -0.25) is 0 Å². The van der Waals surface area contributed by atoms with Crippen LogP contribution in [0.2, 0.25) is 0 Å². The van der Waals surface area contributed by atoms with Crippen LogP contribution in [0.15, 0.2) is 12.3 Å². The Kier molecular flexibility index (Phi) is 5.91. The molecule has 9 nitrogen and oxygen atoms in total. The molecule has 2 N–H and O–H groups in total. The van der Waals surface area contributed by atoms with E-state index in [-0.39, 0.29) is 34.9 Å². The maximum atomic E-state index is 13.7. The standard InChI is InChI=1S/C19H25F2N7O2/c1-11-9-29-5-3-27(11)18-24-17(14-8-23-15(22)7-13(14)16(20)21)25-19(26-18)28-4-6-30-10-12(28)2/h7-8,11-12,16H,3-6,9-10H2,1-2H3,(H2,22,23)/t11-,12-/m1/s1. The van der Waals surface area contributed by atoms with Crippen molar-refractivity contribution in [2.24, 2.45) is 0 Å². The molecule has 2 fully saturated rings. The fourth-order valence-electron chi connectivity index (χ4n) is 3.64. The van der Waals surface area contributed by atoms with Crippen LogP contribution in [0.25, 0.3) is 11.4 Å². The molecule has 4 heterocycles. The van der Waals surface area contributed by atoms with Crippen LogP contribution in [0.4, 0.5) is 26.5 Å². The predicted molar refractivity (Wildman–Crippen MR) is 108 cm³/mol. The van der Waals surface area contributed by atoms with Crippen molar-refractivity contribution in [3.8, 4) is 11.4 Å². The minimum absolute atomic E-state index is 0.0205. The van der Waals surface area contributed by atoms with Crippen LogP contribution in [0.3, 0.4) is 0 Å². The van der Waals surface area contributed by atoms with Gasteiger partial charge in [0.2, 0.25) is 11.9 Å². The van der Waals surface area contributed by atoms with E-state index in [2.05, 4.69) is 19.9 Å². The van der Waals surface area contributed by atoms with Crippen LogP contribution in [0, 0.1) is 0 Å². The lowest BCUT2D eigenvalue weighted by atomic mass is 10.1. The quantitative estimate of drug-likeness (QED) is 0.793. The Balaban J connectivity index is 1.84. The van der Waals surface area contributed by atoms with Crippen molar-refractivity contribution < 1.29 is 18.3 Å². The van der Waals surface area contributed by atoms with Crippen molar-refractivity contribution in [1.29, 1.82) is 0 Å². The number of rotatable bonds is 4. The third-order valence-corrected chi connectivity index (χ3v) is 5.29. The molecule has 162 valence electrons. The zero-order valence-electron chi connectivity index (χ0n) is 17.0. The second-order valence-corrected chi connectivity index (χ2v) is 7.49. The number of morpholine rings is 2. The molecule has 0 saturated carbocycles. The summed E-state index contributed by atoms with van der Waals surface area (Å²) < 4.78 is 38.5. The summed E-state index contributed by atoms with van der Waals surface area (Å²) in [6.07, 6.45) is -1.44. The van der Waals surface area contributed by atoms with Crippen molar-refractivity contribution in [3.05, 3.63) is 17.8 Å². The first-order valence-corrected chi connectivity index (χ1v) is 9.93. The summed E-state index contributed by atoms with van der Waals surface area (Å²) in [7, 11) is 0. The lowest BCUT2D eigenvalue weighted by Gasteiger charge is -2.36. The highest BCUT2D eigenvalue weighted by Crippen LogP contribution is 2.32. The largest absolute Gasteiger partial charge is 0.384 e. The molecule has 2 atom stereocenters. The number of nitrogens with two attached hydrogens (primary N) is 1. The van der Waals surface area contributed by atoms with E-state index in [1.165, 1.54) is 6.20 Å². The number of ether oxygens (including phenoxy) is 2. The number of alkyl halides is 2. The molecule has 11 heteroatoms. The van der Waals surface area contributed by atoms with E-state index >= 15 is 0 Å². The summed E-state index contributed by atoms with van der Waals surface area (Å²) in [5.74, 6) is 1.03. The molecule has 2 aliphatic rings. The fourth-order valence-corrected chi connectivity index (χ4v) is 3.64. The highest BCUT2D eigenvalue weighted by atomic mass is 19.3. The topological polar surface area (TPSA) is 103 Å². The highest BCUT2D eigenvalue weighted by Gasteiger charge is 2.28. The second kappa shape index (κ2) is 8.60. The Hall–Kier alpha value is -2.66. The third kappa shape index (κ3) is 4.12. The van der Waals surface area contributed by atoms with Gasteiger partial charge >= 0.3 is 0 Å². The molecule has 0 spiro atoms. The Morgan fingerprint density at radius 2 is 1.57 bits per heavy atom. The van der Waals surface area contributed by atoms with Crippen LogP contribution in [-0.4, -0.2) is 71.5 Å². The van der Waals surface area contributed by atoms with E-state index in [1.54, 1.807) is 0 Å². The van der Waals surface area contributed by atoms with E-state index in [0.717, 1.165) is 6.07 Å². The summed E-state index contributed by atoms with van der Waals surface area (Å²) in [5, 5.41) is 0. The van der Waals surface area contributed by atoms with E-state index in [0.29, 0.717) is 51.4 Å². The molecule has 2 aliphatic heterocycles. The Morgan fingerprint density at radius 1 is 1.00 bits per heavy atom. The maximum Gasteiger partial charge on any atom is 0.264 e. The van der Waals surface area contributed by atoms with Crippen molar-refractivity contribution in [1.82, 2.24) is 19.9 Å². The number of hydrogen-bond acceptors (Lipinski definition) is 9. The van der Waals surface area contributed by atoms with Gasteiger partial charge in [-0.15, -0.1) is 0 Å². The van der Waals surface area contributed by atoms with Gasteiger partial charge in [-0.2, -0.15) is 15.0 Å². The molecule has 0 aliphatic carbocycles. The SMILES string of the molecule is C[C@@H]1COCCN1c1nc(-c2cnc(N)cc2C(F)F)nc(N2CCOC[C@H]2C)n1. The molecular formula is C19H25F2N7O2. The first-order chi connectivity index (χ1) is 14.4. The zero-order chi connectivity index (χ0) is 21.3. The van der Waals surface area contributed by atoms with Crippen LogP contribution in [0.1, 0.15) is 25.8 Å². The predicted octanol–water partition coefficient (Wildman–Crippen LogP) is 1.90.